The van der Waals surface area contributed by atoms with E-state index in [1.807, 2.05) is 31.2 Å². The standard InChI is InChI=1S/C15H14N4O/c1-10-12(11-4-2-3-5-13(11)19-10)8-18-15(20)14-9-16-6-7-17-14/h2-7,9,19H,8H2,1H3,(H,18,20). The second-order valence-electron chi connectivity index (χ2n) is 4.55. The molecule has 5 nitrogen and oxygen atoms in total. The molecule has 20 heavy (non-hydrogen) atoms. The van der Waals surface area contributed by atoms with Gasteiger partial charge < -0.3 is 10.3 Å². The first kappa shape index (κ1) is 12.3. The van der Waals surface area contributed by atoms with Crippen LogP contribution in [0.5, 0.6) is 0 Å². The predicted octanol–water partition coefficient (Wildman–Crippen LogP) is 2.20. The molecule has 0 atom stereocenters. The van der Waals surface area contributed by atoms with Crippen molar-refractivity contribution in [3.63, 3.8) is 0 Å². The van der Waals surface area contributed by atoms with Crippen LogP contribution in [0.1, 0.15) is 21.7 Å². The number of carbonyl (C=O) groups is 1. The first-order valence-corrected chi connectivity index (χ1v) is 6.36. The molecular weight excluding hydrogens is 252 g/mol. The van der Waals surface area contributed by atoms with Gasteiger partial charge in [-0.1, -0.05) is 18.2 Å². The number of hydrogen-bond acceptors (Lipinski definition) is 3. The number of nitrogens with zero attached hydrogens (tertiary/aromatic N) is 2. The maximum Gasteiger partial charge on any atom is 0.271 e. The summed E-state index contributed by atoms with van der Waals surface area (Å²) < 4.78 is 0. The molecule has 0 spiro atoms. The van der Waals surface area contributed by atoms with Gasteiger partial charge >= 0.3 is 0 Å². The molecule has 5 heteroatoms. The first-order valence-electron chi connectivity index (χ1n) is 6.36. The molecule has 0 aliphatic rings. The Kier molecular flexibility index (Phi) is 3.16. The lowest BCUT2D eigenvalue weighted by molar-refractivity contribution is 0.0945. The fraction of sp³-hybridized carbons (Fsp3) is 0.133. The highest BCUT2D eigenvalue weighted by molar-refractivity contribution is 5.92. The Hall–Kier alpha value is -2.69. The predicted molar refractivity (Wildman–Crippen MR) is 76.2 cm³/mol. The summed E-state index contributed by atoms with van der Waals surface area (Å²) in [6.45, 7) is 2.47. The number of amides is 1. The number of carbonyl (C=O) groups excluding carboxylic acids is 1. The molecule has 2 aromatic heterocycles. The summed E-state index contributed by atoms with van der Waals surface area (Å²) in [7, 11) is 0. The molecule has 3 aromatic rings. The molecule has 3 rings (SSSR count). The van der Waals surface area contributed by atoms with Crippen LogP contribution in [0.15, 0.2) is 42.9 Å². The van der Waals surface area contributed by atoms with Crippen LogP contribution in [-0.2, 0) is 6.54 Å². The van der Waals surface area contributed by atoms with E-state index in [0.29, 0.717) is 12.2 Å². The second kappa shape index (κ2) is 5.13. The number of hydrogen-bond donors (Lipinski definition) is 2. The van der Waals surface area contributed by atoms with E-state index in [2.05, 4.69) is 20.3 Å². The highest BCUT2D eigenvalue weighted by Gasteiger charge is 2.11. The smallest absolute Gasteiger partial charge is 0.271 e. The largest absolute Gasteiger partial charge is 0.358 e. The van der Waals surface area contributed by atoms with E-state index >= 15 is 0 Å². The van der Waals surface area contributed by atoms with Crippen LogP contribution in [0.4, 0.5) is 0 Å². The topological polar surface area (TPSA) is 70.7 Å². The van der Waals surface area contributed by atoms with Gasteiger partial charge in [0.25, 0.3) is 5.91 Å². The van der Waals surface area contributed by atoms with Crippen molar-refractivity contribution in [2.24, 2.45) is 0 Å². The third kappa shape index (κ3) is 2.25. The van der Waals surface area contributed by atoms with Gasteiger partial charge in [0.2, 0.25) is 0 Å². The lowest BCUT2D eigenvalue weighted by atomic mass is 10.1. The minimum Gasteiger partial charge on any atom is -0.358 e. The monoisotopic (exact) mass is 266 g/mol. The number of aromatic nitrogens is 3. The molecule has 2 heterocycles. The van der Waals surface area contributed by atoms with E-state index in [0.717, 1.165) is 22.2 Å². The highest BCUT2D eigenvalue weighted by Crippen LogP contribution is 2.21. The molecule has 0 aliphatic heterocycles. The molecule has 1 amide bonds. The van der Waals surface area contributed by atoms with Crippen molar-refractivity contribution >= 4 is 16.8 Å². The molecule has 0 saturated heterocycles. The molecule has 1 aromatic carbocycles. The van der Waals surface area contributed by atoms with E-state index in [9.17, 15) is 4.79 Å². The Morgan fingerprint density at radius 1 is 1.30 bits per heavy atom. The summed E-state index contributed by atoms with van der Waals surface area (Å²) in [6.07, 6.45) is 4.50. The van der Waals surface area contributed by atoms with Gasteiger partial charge in [-0.3, -0.25) is 9.78 Å². The van der Waals surface area contributed by atoms with Crippen LogP contribution < -0.4 is 5.32 Å². The average Bonchev–Trinajstić information content (AvgIpc) is 2.81. The highest BCUT2D eigenvalue weighted by atomic mass is 16.1. The molecule has 2 N–H and O–H groups in total. The van der Waals surface area contributed by atoms with E-state index in [1.54, 1.807) is 6.20 Å². The van der Waals surface area contributed by atoms with Crippen LogP contribution in [0.2, 0.25) is 0 Å². The lowest BCUT2D eigenvalue weighted by Crippen LogP contribution is -2.24. The summed E-state index contributed by atoms with van der Waals surface area (Å²) >= 11 is 0. The maximum atomic E-state index is 12.0. The Labute approximate surface area is 116 Å². The summed E-state index contributed by atoms with van der Waals surface area (Å²) in [5, 5.41) is 4.00. The third-order valence-corrected chi connectivity index (χ3v) is 3.25. The van der Waals surface area contributed by atoms with Gasteiger partial charge in [-0.15, -0.1) is 0 Å². The molecular formula is C15H14N4O. The number of fused-ring (bicyclic) bond motifs is 1. The van der Waals surface area contributed by atoms with Crippen LogP contribution in [0.3, 0.4) is 0 Å². The van der Waals surface area contributed by atoms with Gasteiger partial charge in [0.05, 0.1) is 6.20 Å². The van der Waals surface area contributed by atoms with E-state index in [-0.39, 0.29) is 5.91 Å². The Morgan fingerprint density at radius 2 is 2.15 bits per heavy atom. The number of rotatable bonds is 3. The van der Waals surface area contributed by atoms with Crippen molar-refractivity contribution in [2.75, 3.05) is 0 Å². The number of aryl methyl sites for hydroxylation is 1. The van der Waals surface area contributed by atoms with E-state index < -0.39 is 0 Å². The van der Waals surface area contributed by atoms with E-state index in [4.69, 9.17) is 0 Å². The molecule has 0 fully saturated rings. The third-order valence-electron chi connectivity index (χ3n) is 3.25. The van der Waals surface area contributed by atoms with Gasteiger partial charge in [0, 0.05) is 35.5 Å². The van der Waals surface area contributed by atoms with Gasteiger partial charge in [0.1, 0.15) is 5.69 Å². The zero-order chi connectivity index (χ0) is 13.9. The Balaban J connectivity index is 1.81. The minimum atomic E-state index is -0.220. The van der Waals surface area contributed by atoms with Gasteiger partial charge in [-0.25, -0.2) is 4.98 Å². The van der Waals surface area contributed by atoms with Crippen molar-refractivity contribution in [3.8, 4) is 0 Å². The Morgan fingerprint density at radius 3 is 2.95 bits per heavy atom. The summed E-state index contributed by atoms with van der Waals surface area (Å²) in [6, 6.07) is 8.04. The minimum absolute atomic E-state index is 0.220. The van der Waals surface area contributed by atoms with E-state index in [1.165, 1.54) is 12.4 Å². The second-order valence-corrected chi connectivity index (χ2v) is 4.55. The molecule has 0 unspecified atom stereocenters. The average molecular weight is 266 g/mol. The molecule has 0 saturated carbocycles. The molecule has 0 bridgehead atoms. The van der Waals surface area contributed by atoms with Gasteiger partial charge in [0.15, 0.2) is 0 Å². The summed E-state index contributed by atoms with van der Waals surface area (Å²) in [4.78, 5) is 23.1. The molecule has 100 valence electrons. The van der Waals surface area contributed by atoms with Crippen molar-refractivity contribution in [2.45, 2.75) is 13.5 Å². The van der Waals surface area contributed by atoms with Crippen LogP contribution in [-0.4, -0.2) is 20.9 Å². The zero-order valence-corrected chi connectivity index (χ0v) is 11.1. The van der Waals surface area contributed by atoms with Crippen LogP contribution >= 0.6 is 0 Å². The van der Waals surface area contributed by atoms with Crippen LogP contribution in [0, 0.1) is 6.92 Å². The Bertz CT molecular complexity index is 749. The SMILES string of the molecule is Cc1[nH]c2ccccc2c1CNC(=O)c1cnccn1. The number of H-pyrrole nitrogens is 1. The lowest BCUT2D eigenvalue weighted by Gasteiger charge is -2.04. The first-order chi connectivity index (χ1) is 9.75. The number of benzene rings is 1. The van der Waals surface area contributed by atoms with Crippen LogP contribution in [0.25, 0.3) is 10.9 Å². The van der Waals surface area contributed by atoms with Crippen molar-refractivity contribution in [3.05, 3.63) is 59.8 Å². The molecule has 0 aliphatic carbocycles. The normalized spacial score (nSPS) is 10.7. The summed E-state index contributed by atoms with van der Waals surface area (Å²) in [5.41, 5.74) is 3.56. The number of para-hydroxylation sites is 1. The van der Waals surface area contributed by atoms with Crippen molar-refractivity contribution in [1.82, 2.24) is 20.3 Å². The fourth-order valence-corrected chi connectivity index (χ4v) is 2.24. The fourth-order valence-electron chi connectivity index (χ4n) is 2.24. The quantitative estimate of drug-likeness (QED) is 0.763. The number of aromatic amines is 1. The van der Waals surface area contributed by atoms with Crippen molar-refractivity contribution in [1.29, 1.82) is 0 Å². The van der Waals surface area contributed by atoms with Gasteiger partial charge in [-0.2, -0.15) is 0 Å². The summed E-state index contributed by atoms with van der Waals surface area (Å²) in [5.74, 6) is -0.220. The maximum absolute atomic E-state index is 12.0. The van der Waals surface area contributed by atoms with Crippen molar-refractivity contribution < 1.29 is 4.79 Å². The van der Waals surface area contributed by atoms with Gasteiger partial charge in [-0.05, 0) is 18.6 Å². The number of nitrogens with one attached hydrogen (secondary N) is 2. The molecule has 0 radical (unpaired) electrons. The zero-order valence-electron chi connectivity index (χ0n) is 11.1.